The van der Waals surface area contributed by atoms with E-state index in [0.717, 1.165) is 0 Å². The molecule has 31 heteroatoms. The highest BCUT2D eigenvalue weighted by molar-refractivity contribution is 7.80. The molecule has 0 aromatic heterocycles. The van der Waals surface area contributed by atoms with Crippen LogP contribution in [0.1, 0.15) is 53.3 Å². The van der Waals surface area contributed by atoms with E-state index in [1.807, 2.05) is 0 Å². The molecule has 1 aliphatic heterocycles. The molecule has 0 fully saturated rings. The van der Waals surface area contributed by atoms with Crippen molar-refractivity contribution >= 4 is 71.7 Å². The summed E-state index contributed by atoms with van der Waals surface area (Å²) in [4.78, 5) is 89.1. The number of carbonyl (C=O) groups excluding carboxylic acids is 5. The second-order valence-electron chi connectivity index (χ2n) is 21.1. The molecular formula is C63H95N7O22S2. The summed E-state index contributed by atoms with van der Waals surface area (Å²) in [5, 5.41) is 35.2. The first-order chi connectivity index (χ1) is 45.5. The lowest BCUT2D eigenvalue weighted by molar-refractivity contribution is -0.123. The Kier molecular flexibility index (Phi) is 41.5. The molecule has 2 aromatic rings. The number of carboxylic acids is 1. The topological polar surface area (TPSA) is 396 Å². The number of aromatic carboxylic acids is 1. The molecular weight excluding hydrogens is 1270 g/mol. The number of benzene rings is 3. The van der Waals surface area contributed by atoms with Crippen LogP contribution < -0.4 is 43.5 Å². The lowest BCUT2D eigenvalue weighted by atomic mass is 9.88. The molecule has 0 saturated carbocycles. The predicted molar refractivity (Wildman–Crippen MR) is 353 cm³/mol. The van der Waals surface area contributed by atoms with Crippen molar-refractivity contribution in [2.75, 3.05) is 196 Å². The Morgan fingerprint density at radius 3 is 1.26 bits per heavy atom. The number of phenolic OH excluding ortho intramolecular Hbond substituents is 1. The predicted octanol–water partition coefficient (Wildman–Crippen LogP) is 1.20. The molecule has 11 N–H and O–H groups in total. The number of amides is 5. The van der Waals surface area contributed by atoms with Crippen LogP contribution in [-0.4, -0.2) is 260 Å². The third-order valence-corrected chi connectivity index (χ3v) is 14.5. The molecule has 1 heterocycles. The maximum atomic E-state index is 14.2. The fraction of sp³-hybridized carbons (Fsp3) is 0.603. The quantitative estimate of drug-likeness (QED) is 0.0168. The zero-order chi connectivity index (χ0) is 68.0. The number of aromatic hydroxyl groups is 1. The first-order valence-electron chi connectivity index (χ1n) is 31.2. The van der Waals surface area contributed by atoms with Crippen molar-refractivity contribution in [2.24, 2.45) is 11.5 Å². The summed E-state index contributed by atoms with van der Waals surface area (Å²) in [6, 6.07) is 11.4. The van der Waals surface area contributed by atoms with Gasteiger partial charge in [0.05, 0.1) is 176 Å². The Labute approximate surface area is 558 Å². The summed E-state index contributed by atoms with van der Waals surface area (Å²) in [7, 11) is 0. The van der Waals surface area contributed by atoms with Crippen molar-refractivity contribution in [3.05, 3.63) is 75.9 Å². The van der Waals surface area contributed by atoms with Gasteiger partial charge in [-0.15, -0.1) is 0 Å². The van der Waals surface area contributed by atoms with Crippen LogP contribution in [0.2, 0.25) is 0 Å². The minimum Gasteiger partial charge on any atom is -0.508 e. The highest BCUT2D eigenvalue weighted by atomic mass is 32.1. The van der Waals surface area contributed by atoms with Gasteiger partial charge in [-0.3, -0.25) is 28.8 Å². The average molecular weight is 1370 g/mol. The van der Waals surface area contributed by atoms with Crippen LogP contribution in [0.3, 0.4) is 0 Å². The Hall–Kier alpha value is -6.11. The summed E-state index contributed by atoms with van der Waals surface area (Å²) >= 11 is 7.98. The number of rotatable bonds is 56. The van der Waals surface area contributed by atoms with Gasteiger partial charge in [0.1, 0.15) is 17.1 Å². The first-order valence-corrected chi connectivity index (χ1v) is 32.5. The molecule has 0 bridgehead atoms. The van der Waals surface area contributed by atoms with E-state index >= 15 is 0 Å². The van der Waals surface area contributed by atoms with Crippen molar-refractivity contribution < 1.29 is 100 Å². The number of nitrogens with one attached hydrogen (secondary N) is 5. The number of phenols is 1. The Bertz CT molecular complexity index is 2790. The fourth-order valence-electron chi connectivity index (χ4n) is 8.63. The number of carboxylic acid groups (broad SMARTS) is 1. The minimum absolute atomic E-state index is 0.00883. The third-order valence-electron chi connectivity index (χ3n) is 13.7. The van der Waals surface area contributed by atoms with Gasteiger partial charge >= 0.3 is 5.97 Å². The van der Waals surface area contributed by atoms with Crippen LogP contribution in [0, 0.1) is 0 Å². The van der Waals surface area contributed by atoms with Crippen LogP contribution >= 0.6 is 25.3 Å². The number of fused-ring (bicyclic) bond motifs is 2. The molecule has 94 heavy (non-hydrogen) atoms. The number of ether oxygens (including phenoxy) is 12. The lowest BCUT2D eigenvalue weighted by Crippen LogP contribution is -2.47. The second kappa shape index (κ2) is 48.6. The van der Waals surface area contributed by atoms with Gasteiger partial charge in [0.2, 0.25) is 23.6 Å². The molecule has 2 atom stereocenters. The maximum absolute atomic E-state index is 14.2. The highest BCUT2D eigenvalue weighted by Crippen LogP contribution is 2.42. The standard InChI is InChI=1S/C63H95N7O22S2/c1-63(10-8-56(73)66-12-16-80-20-24-84-28-32-88-36-38-90-34-30-86-26-22-82-18-14-68-60(76)52(64)43-93,11-9-57(74)67-13-17-81-21-25-85-29-33-89-37-39-91-35-31-87-27-23-83-19-15-69-61(77)53(65)44-94)70-59(75)45-2-5-48(51(40-45)62(78)79)58-49-6-3-46(71)41-54(49)92-55-42-47(72)4-7-50(55)58/h2-7,40-42,52-53,71,93-94H,8-39,43-44,64-65H2,1H3,(H,66,73)(H,67,74)(H,68,76)(H,69,77)(H,70,75)(H,78,79)/t52-,53-/m0/s1. The number of carbonyl (C=O) groups is 6. The largest absolute Gasteiger partial charge is 0.508 e. The molecule has 29 nitrogen and oxygen atoms in total. The zero-order valence-corrected chi connectivity index (χ0v) is 55.3. The van der Waals surface area contributed by atoms with E-state index in [0.29, 0.717) is 162 Å². The van der Waals surface area contributed by atoms with E-state index in [2.05, 4.69) is 51.8 Å². The molecule has 5 amide bonds. The number of hydrogen-bond donors (Lipinski definition) is 11. The smallest absolute Gasteiger partial charge is 0.336 e. The van der Waals surface area contributed by atoms with Crippen molar-refractivity contribution in [3.63, 3.8) is 0 Å². The third kappa shape index (κ3) is 33.5. The Balaban J connectivity index is 1.14. The molecule has 4 rings (SSSR count). The molecule has 2 aliphatic rings. The van der Waals surface area contributed by atoms with Crippen molar-refractivity contribution in [1.29, 1.82) is 0 Å². The number of thiol groups is 2. The van der Waals surface area contributed by atoms with E-state index in [1.54, 1.807) is 13.0 Å². The molecule has 0 radical (unpaired) electrons. The van der Waals surface area contributed by atoms with E-state index in [4.69, 9.17) is 72.7 Å². The molecule has 0 saturated heterocycles. The highest BCUT2D eigenvalue weighted by Gasteiger charge is 2.30. The van der Waals surface area contributed by atoms with Crippen LogP contribution in [-0.2, 0) is 76.0 Å². The van der Waals surface area contributed by atoms with Crippen LogP contribution in [0.4, 0.5) is 0 Å². The summed E-state index contributed by atoms with van der Waals surface area (Å²) in [6.45, 7) is 11.1. The molecule has 1 aliphatic carbocycles. The van der Waals surface area contributed by atoms with E-state index in [1.165, 1.54) is 48.5 Å². The second-order valence-corrected chi connectivity index (χ2v) is 21.8. The van der Waals surface area contributed by atoms with E-state index < -0.39 is 29.5 Å². The molecule has 0 spiro atoms. The summed E-state index contributed by atoms with van der Waals surface area (Å²) in [5.41, 5.74) is 10.7. The van der Waals surface area contributed by atoms with Crippen LogP contribution in [0.5, 0.6) is 5.75 Å². The summed E-state index contributed by atoms with van der Waals surface area (Å²) < 4.78 is 72.1. The fourth-order valence-corrected chi connectivity index (χ4v) is 8.96. The number of nitrogens with two attached hydrogens (primary N) is 2. The van der Waals surface area contributed by atoms with Crippen LogP contribution in [0.25, 0.3) is 33.4 Å². The minimum atomic E-state index is -1.34. The van der Waals surface area contributed by atoms with Crippen LogP contribution in [0.15, 0.2) is 63.8 Å². The van der Waals surface area contributed by atoms with Gasteiger partial charge in [-0.05, 0) is 61.7 Å². The SMILES string of the molecule is CC(CCC(=O)NCCOCCOCCOCCOCCOCCOCCNC(=O)[C@@H](N)CS)(CCC(=O)NCCOCCOCCOCCOCCOCCOCCNC(=O)[C@@H](N)CS)NC(=O)c1ccc(-c2c3ccc(=O)cc-3oc3cc(O)ccc23)c(C(=O)O)c1. The normalized spacial score (nSPS) is 12.2. The molecule has 0 unspecified atom stereocenters. The Morgan fingerprint density at radius 2 is 0.872 bits per heavy atom. The van der Waals surface area contributed by atoms with Crippen molar-refractivity contribution in [3.8, 4) is 28.2 Å². The van der Waals surface area contributed by atoms with Gasteiger partial charge < -0.3 is 110 Å². The van der Waals surface area contributed by atoms with Gasteiger partial charge in [0.25, 0.3) is 5.91 Å². The van der Waals surface area contributed by atoms with Gasteiger partial charge in [-0.1, -0.05) is 6.07 Å². The van der Waals surface area contributed by atoms with E-state index in [-0.39, 0.29) is 140 Å². The lowest BCUT2D eigenvalue weighted by Gasteiger charge is -2.31. The number of hydrogen-bond acceptors (Lipinski definition) is 25. The van der Waals surface area contributed by atoms with Gasteiger partial charge in [-0.2, -0.15) is 25.3 Å². The first kappa shape index (κ1) is 80.3. The zero-order valence-electron chi connectivity index (χ0n) is 53.5. The summed E-state index contributed by atoms with van der Waals surface area (Å²) in [6.07, 6.45) is 0.115. The Morgan fingerprint density at radius 1 is 0.500 bits per heavy atom. The molecule has 2 aromatic carbocycles. The van der Waals surface area contributed by atoms with E-state index in [9.17, 15) is 43.8 Å². The van der Waals surface area contributed by atoms with Crippen molar-refractivity contribution in [1.82, 2.24) is 26.6 Å². The van der Waals surface area contributed by atoms with Gasteiger partial charge in [-0.25, -0.2) is 4.79 Å². The van der Waals surface area contributed by atoms with Gasteiger partial charge in [0, 0.05) is 90.3 Å². The van der Waals surface area contributed by atoms with Gasteiger partial charge in [0.15, 0.2) is 5.43 Å². The van der Waals surface area contributed by atoms with Crippen molar-refractivity contribution in [2.45, 2.75) is 50.2 Å². The monoisotopic (exact) mass is 1370 g/mol. The summed E-state index contributed by atoms with van der Waals surface area (Å²) in [5.74, 6) is -2.61. The molecule has 526 valence electrons. The maximum Gasteiger partial charge on any atom is 0.336 e. The average Bonchev–Trinajstić information content (AvgIpc) is 0.750.